The average Bonchev–Trinajstić information content (AvgIpc) is 2.89. The van der Waals surface area contributed by atoms with Crippen LogP contribution in [0.15, 0.2) is 21.2 Å². The molecule has 0 bridgehead atoms. The maximum atomic E-state index is 9.50. The second kappa shape index (κ2) is 6.39. The van der Waals surface area contributed by atoms with Crippen LogP contribution in [0.3, 0.4) is 0 Å². The number of fused-ring (bicyclic) bond motifs is 6. The van der Waals surface area contributed by atoms with E-state index >= 15 is 0 Å². The van der Waals surface area contributed by atoms with Crippen molar-refractivity contribution in [3.05, 3.63) is 22.6 Å². The maximum absolute atomic E-state index is 9.50. The number of aromatic nitrogens is 2. The molecule has 0 radical (unpaired) electrons. The van der Waals surface area contributed by atoms with Crippen molar-refractivity contribution in [1.82, 2.24) is 9.97 Å². The monoisotopic (exact) mass is 366 g/mol. The number of hydrogen-bond acceptors (Lipinski definition) is 10. The molecule has 2 atom stereocenters. The summed E-state index contributed by atoms with van der Waals surface area (Å²) in [4.78, 5) is 23.8. The first kappa shape index (κ1) is 17.0. The van der Waals surface area contributed by atoms with Gasteiger partial charge >= 0.3 is 0 Å². The van der Waals surface area contributed by atoms with Gasteiger partial charge in [-0.05, 0) is 0 Å². The van der Waals surface area contributed by atoms with Crippen molar-refractivity contribution in [2.75, 3.05) is 25.0 Å². The minimum Gasteiger partial charge on any atom is -0.369 e. The van der Waals surface area contributed by atoms with Crippen LogP contribution in [0.25, 0.3) is 11.0 Å². The molecule has 0 spiro atoms. The fraction of sp³-hybridized carbons (Fsp3) is 0.278. The molecule has 0 amide bonds. The van der Waals surface area contributed by atoms with Crippen LogP contribution < -0.4 is 15.6 Å². The van der Waals surface area contributed by atoms with E-state index in [2.05, 4.69) is 37.1 Å². The van der Waals surface area contributed by atoms with Crippen LogP contribution in [-0.4, -0.2) is 41.9 Å². The van der Waals surface area contributed by atoms with E-state index in [0.717, 1.165) is 0 Å². The quantitative estimate of drug-likeness (QED) is 0.625. The lowest BCUT2D eigenvalue weighted by atomic mass is 10.1. The van der Waals surface area contributed by atoms with Gasteiger partial charge in [-0.3, -0.25) is 9.98 Å². The van der Waals surface area contributed by atoms with Crippen LogP contribution in [0.4, 0.5) is 11.4 Å². The summed E-state index contributed by atoms with van der Waals surface area (Å²) in [5.74, 6) is -0.743. The molecule has 28 heavy (non-hydrogen) atoms. The van der Waals surface area contributed by atoms with E-state index in [1.54, 1.807) is 11.9 Å². The molecule has 2 aromatic rings. The normalized spacial score (nSPS) is 19.9. The molecule has 3 heterocycles. The fourth-order valence-corrected chi connectivity index (χ4v) is 3.27. The van der Waals surface area contributed by atoms with Gasteiger partial charge in [0.15, 0.2) is 11.7 Å². The maximum Gasteiger partial charge on any atom is 0.159 e. The van der Waals surface area contributed by atoms with Crippen LogP contribution in [0.5, 0.6) is 0 Å². The third-order valence-corrected chi connectivity index (χ3v) is 4.54. The lowest BCUT2D eigenvalue weighted by Crippen LogP contribution is -2.36. The predicted octanol–water partition coefficient (Wildman–Crippen LogP) is -0.168. The second-order valence-corrected chi connectivity index (χ2v) is 6.24. The van der Waals surface area contributed by atoms with E-state index in [4.69, 9.17) is 0 Å². The highest BCUT2D eigenvalue weighted by Crippen LogP contribution is 2.33. The highest BCUT2D eigenvalue weighted by molar-refractivity contribution is 6.07. The molecule has 10 heteroatoms. The van der Waals surface area contributed by atoms with E-state index in [-0.39, 0.29) is 24.5 Å². The lowest BCUT2D eigenvalue weighted by molar-refractivity contribution is 0.762. The number of aliphatic imine (C=N–C) groups is 1. The van der Waals surface area contributed by atoms with Crippen molar-refractivity contribution in [1.29, 1.82) is 21.0 Å². The van der Waals surface area contributed by atoms with Crippen LogP contribution in [0.2, 0.25) is 0 Å². The molecule has 0 aliphatic carbocycles. The second-order valence-electron chi connectivity index (χ2n) is 6.24. The van der Waals surface area contributed by atoms with Gasteiger partial charge in [-0.1, -0.05) is 0 Å². The Morgan fingerprint density at radius 3 is 2.57 bits per heavy atom. The Kier molecular flexibility index (Phi) is 3.89. The van der Waals surface area contributed by atoms with E-state index in [1.807, 2.05) is 12.1 Å². The zero-order chi connectivity index (χ0) is 19.8. The fourth-order valence-electron chi connectivity index (χ4n) is 3.27. The van der Waals surface area contributed by atoms with E-state index < -0.39 is 12.0 Å². The molecule has 1 aromatic heterocycles. The van der Waals surface area contributed by atoms with Gasteiger partial charge in [-0.25, -0.2) is 15.0 Å². The van der Waals surface area contributed by atoms with Crippen LogP contribution >= 0.6 is 0 Å². The first-order chi connectivity index (χ1) is 13.6. The van der Waals surface area contributed by atoms with Gasteiger partial charge in [0.05, 0.1) is 30.6 Å². The molecule has 132 valence electrons. The smallest absolute Gasteiger partial charge is 0.159 e. The Morgan fingerprint density at radius 2 is 1.89 bits per heavy atom. The average molecular weight is 366 g/mol. The molecule has 2 aliphatic heterocycles. The number of rotatable bonds is 0. The largest absolute Gasteiger partial charge is 0.369 e. The predicted molar refractivity (Wildman–Crippen MR) is 95.9 cm³/mol. The molecule has 2 unspecified atom stereocenters. The third-order valence-electron chi connectivity index (χ3n) is 4.54. The molecule has 10 nitrogen and oxygen atoms in total. The molecule has 0 saturated carbocycles. The number of nitriles is 4. The van der Waals surface area contributed by atoms with Gasteiger partial charge < -0.3 is 4.90 Å². The SMILES string of the molecule is CN1CC(C#N)C(C#N)=Nc2c1c1nc(C#N)cnc1c1c2=NC(C#N)CN=1. The standard InChI is InChI=1S/C18H10N10/c1-28-8-9(2-19)12(5-22)27-17-15-13(23-6-10(3-20)25-15)14-16(18(17)28)26-11(4-21)7-24-14/h7,9-10H,6,8H2,1H3. The van der Waals surface area contributed by atoms with E-state index in [1.165, 1.54) is 6.20 Å². The van der Waals surface area contributed by atoms with Gasteiger partial charge in [-0.15, -0.1) is 0 Å². The van der Waals surface area contributed by atoms with Crippen molar-refractivity contribution >= 4 is 28.1 Å². The summed E-state index contributed by atoms with van der Waals surface area (Å²) in [6, 6.07) is 7.43. The van der Waals surface area contributed by atoms with Crippen molar-refractivity contribution in [2.45, 2.75) is 6.04 Å². The molecular formula is C18H10N10. The summed E-state index contributed by atoms with van der Waals surface area (Å²) in [5.41, 5.74) is 1.81. The van der Waals surface area contributed by atoms with Gasteiger partial charge in [-0.2, -0.15) is 21.0 Å². The minimum atomic E-state index is -0.743. The topological polar surface area (TPSA) is 161 Å². The Bertz CT molecular complexity index is 1340. The molecular weight excluding hydrogens is 356 g/mol. The van der Waals surface area contributed by atoms with E-state index in [0.29, 0.717) is 33.1 Å². The molecule has 1 aromatic carbocycles. The highest BCUT2D eigenvalue weighted by Gasteiger charge is 2.29. The number of nitrogens with zero attached hydrogens (tertiary/aromatic N) is 10. The first-order valence-corrected chi connectivity index (χ1v) is 8.25. The zero-order valence-corrected chi connectivity index (χ0v) is 14.6. The summed E-state index contributed by atoms with van der Waals surface area (Å²) in [5, 5.41) is 38.2. The molecule has 0 fully saturated rings. The molecule has 2 aliphatic rings. The van der Waals surface area contributed by atoms with E-state index in [9.17, 15) is 21.0 Å². The van der Waals surface area contributed by atoms with Crippen molar-refractivity contribution in [2.24, 2.45) is 20.9 Å². The number of anilines is 1. The zero-order valence-electron chi connectivity index (χ0n) is 14.6. The Balaban J connectivity index is 2.24. The number of benzene rings is 1. The van der Waals surface area contributed by atoms with Crippen molar-refractivity contribution in [3.63, 3.8) is 0 Å². The lowest BCUT2D eigenvalue weighted by Gasteiger charge is -2.22. The van der Waals surface area contributed by atoms with Gasteiger partial charge in [0.25, 0.3) is 0 Å². The minimum absolute atomic E-state index is 0.0494. The summed E-state index contributed by atoms with van der Waals surface area (Å²) in [6.07, 6.45) is 1.35. The summed E-state index contributed by atoms with van der Waals surface area (Å²) in [6.45, 7) is 0.381. The summed E-state index contributed by atoms with van der Waals surface area (Å²) < 4.78 is 0. The van der Waals surface area contributed by atoms with Crippen molar-refractivity contribution in [3.8, 4) is 24.3 Å². The summed E-state index contributed by atoms with van der Waals surface area (Å²) >= 11 is 0. The van der Waals surface area contributed by atoms with Crippen LogP contribution in [0.1, 0.15) is 5.69 Å². The Hall–Kier alpha value is -4.41. The summed E-state index contributed by atoms with van der Waals surface area (Å²) in [7, 11) is 1.74. The Labute approximate surface area is 158 Å². The molecule has 0 saturated heterocycles. The highest BCUT2D eigenvalue weighted by atomic mass is 15.1. The van der Waals surface area contributed by atoms with Crippen molar-refractivity contribution < 1.29 is 0 Å². The molecule has 0 N–H and O–H groups in total. The van der Waals surface area contributed by atoms with Gasteiger partial charge in [0.1, 0.15) is 51.2 Å². The van der Waals surface area contributed by atoms with Gasteiger partial charge in [0, 0.05) is 13.6 Å². The van der Waals surface area contributed by atoms with Gasteiger partial charge in [0.2, 0.25) is 0 Å². The molecule has 4 rings (SSSR count). The third kappa shape index (κ3) is 2.41. The number of hydrogen-bond donors (Lipinski definition) is 0. The van der Waals surface area contributed by atoms with Crippen LogP contribution in [-0.2, 0) is 0 Å². The first-order valence-electron chi connectivity index (χ1n) is 8.25. The van der Waals surface area contributed by atoms with Crippen LogP contribution in [0, 0.1) is 51.2 Å². The Morgan fingerprint density at radius 1 is 1.07 bits per heavy atom.